The highest BCUT2D eigenvalue weighted by Crippen LogP contribution is 2.12. The van der Waals surface area contributed by atoms with Crippen LogP contribution in [0.4, 0.5) is 0 Å². The third-order valence-electron chi connectivity index (χ3n) is 3.22. The predicted octanol–water partition coefficient (Wildman–Crippen LogP) is 2.28. The Morgan fingerprint density at radius 3 is 2.94 bits per heavy atom. The lowest BCUT2D eigenvalue weighted by atomic mass is 10.1. The van der Waals surface area contributed by atoms with E-state index >= 15 is 0 Å². The normalized spacial score (nSPS) is 19.8. The lowest BCUT2D eigenvalue weighted by molar-refractivity contribution is 0.227. The Bertz CT molecular complexity index is 280. The van der Waals surface area contributed by atoms with Crippen molar-refractivity contribution in [1.82, 2.24) is 15.2 Å². The molecule has 0 saturated carbocycles. The SMILES string of the molecule is CC(NCCN1CCCCC1)c1cscn1. The van der Waals surface area contributed by atoms with Crippen molar-refractivity contribution in [3.05, 3.63) is 16.6 Å². The van der Waals surface area contributed by atoms with E-state index in [1.807, 2.05) is 5.51 Å². The van der Waals surface area contributed by atoms with Crippen LogP contribution in [0, 0.1) is 0 Å². The number of nitrogens with zero attached hydrogens (tertiary/aromatic N) is 2. The number of rotatable bonds is 5. The molecule has 1 fully saturated rings. The fraction of sp³-hybridized carbons (Fsp3) is 0.750. The average Bonchev–Trinajstić information content (AvgIpc) is 2.84. The maximum atomic E-state index is 4.32. The van der Waals surface area contributed by atoms with Crippen molar-refractivity contribution in [2.75, 3.05) is 26.2 Å². The van der Waals surface area contributed by atoms with Crippen LogP contribution in [0.25, 0.3) is 0 Å². The Hall–Kier alpha value is -0.450. The first-order valence-electron chi connectivity index (χ1n) is 6.20. The van der Waals surface area contributed by atoms with Gasteiger partial charge in [-0.2, -0.15) is 0 Å². The van der Waals surface area contributed by atoms with Crippen molar-refractivity contribution in [1.29, 1.82) is 0 Å². The van der Waals surface area contributed by atoms with Crippen LogP contribution in [-0.4, -0.2) is 36.1 Å². The van der Waals surface area contributed by atoms with Crippen LogP contribution in [0.3, 0.4) is 0 Å². The monoisotopic (exact) mass is 239 g/mol. The summed E-state index contributed by atoms with van der Waals surface area (Å²) in [6.45, 7) is 7.00. The molecule has 1 aliphatic heterocycles. The summed E-state index contributed by atoms with van der Waals surface area (Å²) < 4.78 is 0. The lowest BCUT2D eigenvalue weighted by Gasteiger charge is -2.26. The fourth-order valence-electron chi connectivity index (χ4n) is 2.16. The van der Waals surface area contributed by atoms with Crippen molar-refractivity contribution in [3.8, 4) is 0 Å². The molecular weight excluding hydrogens is 218 g/mol. The van der Waals surface area contributed by atoms with E-state index in [0.717, 1.165) is 6.54 Å². The molecule has 1 aromatic rings. The Morgan fingerprint density at radius 1 is 1.44 bits per heavy atom. The molecule has 0 aromatic carbocycles. The Labute approximate surface area is 102 Å². The molecule has 2 rings (SSSR count). The summed E-state index contributed by atoms with van der Waals surface area (Å²) in [7, 11) is 0. The zero-order valence-electron chi connectivity index (χ0n) is 9.98. The Kier molecular flexibility index (Phi) is 4.75. The zero-order chi connectivity index (χ0) is 11.2. The molecule has 1 aromatic heterocycles. The van der Waals surface area contributed by atoms with Gasteiger partial charge in [0, 0.05) is 24.5 Å². The van der Waals surface area contributed by atoms with Crippen LogP contribution in [0.1, 0.15) is 37.9 Å². The molecule has 1 atom stereocenters. The zero-order valence-corrected chi connectivity index (χ0v) is 10.8. The predicted molar refractivity (Wildman–Crippen MR) is 68.8 cm³/mol. The van der Waals surface area contributed by atoms with Crippen LogP contribution >= 0.6 is 11.3 Å². The van der Waals surface area contributed by atoms with Crippen LogP contribution in [-0.2, 0) is 0 Å². The van der Waals surface area contributed by atoms with Crippen LogP contribution in [0.5, 0.6) is 0 Å². The van der Waals surface area contributed by atoms with E-state index in [1.165, 1.54) is 44.6 Å². The number of thiazole rings is 1. The van der Waals surface area contributed by atoms with Gasteiger partial charge in [-0.05, 0) is 32.9 Å². The minimum atomic E-state index is 0.385. The molecule has 0 spiro atoms. The molecule has 3 nitrogen and oxygen atoms in total. The quantitative estimate of drug-likeness (QED) is 0.854. The number of piperidine rings is 1. The number of hydrogen-bond donors (Lipinski definition) is 1. The fourth-order valence-corrected chi connectivity index (χ4v) is 2.81. The molecule has 0 amide bonds. The summed E-state index contributed by atoms with van der Waals surface area (Å²) in [5.74, 6) is 0. The second-order valence-electron chi connectivity index (χ2n) is 4.49. The largest absolute Gasteiger partial charge is 0.308 e. The molecule has 0 aliphatic carbocycles. The Morgan fingerprint density at radius 2 is 2.25 bits per heavy atom. The third kappa shape index (κ3) is 3.54. The summed E-state index contributed by atoms with van der Waals surface area (Å²) in [4.78, 5) is 6.88. The molecule has 1 aliphatic rings. The van der Waals surface area contributed by atoms with Crippen molar-refractivity contribution in [2.24, 2.45) is 0 Å². The molecule has 0 bridgehead atoms. The van der Waals surface area contributed by atoms with Gasteiger partial charge >= 0.3 is 0 Å². The topological polar surface area (TPSA) is 28.2 Å². The van der Waals surface area contributed by atoms with Gasteiger partial charge in [0.05, 0.1) is 11.2 Å². The molecule has 4 heteroatoms. The van der Waals surface area contributed by atoms with Crippen molar-refractivity contribution in [2.45, 2.75) is 32.2 Å². The van der Waals surface area contributed by atoms with Crippen molar-refractivity contribution >= 4 is 11.3 Å². The van der Waals surface area contributed by atoms with Crippen LogP contribution in [0.2, 0.25) is 0 Å². The molecule has 2 heterocycles. The first kappa shape index (κ1) is 12.0. The minimum absolute atomic E-state index is 0.385. The summed E-state index contributed by atoms with van der Waals surface area (Å²) in [6.07, 6.45) is 4.17. The third-order valence-corrected chi connectivity index (χ3v) is 3.83. The van der Waals surface area contributed by atoms with E-state index in [0.29, 0.717) is 6.04 Å². The molecule has 1 saturated heterocycles. The number of hydrogen-bond acceptors (Lipinski definition) is 4. The van der Waals surface area contributed by atoms with Gasteiger partial charge in [0.1, 0.15) is 0 Å². The van der Waals surface area contributed by atoms with Crippen molar-refractivity contribution in [3.63, 3.8) is 0 Å². The van der Waals surface area contributed by atoms with Gasteiger partial charge in [-0.1, -0.05) is 6.42 Å². The molecule has 0 radical (unpaired) electrons. The molecule has 1 N–H and O–H groups in total. The summed E-state index contributed by atoms with van der Waals surface area (Å²) in [6, 6.07) is 0.385. The van der Waals surface area contributed by atoms with Crippen LogP contribution in [0.15, 0.2) is 10.9 Å². The second-order valence-corrected chi connectivity index (χ2v) is 5.21. The van der Waals surface area contributed by atoms with Gasteiger partial charge in [-0.25, -0.2) is 4.98 Å². The summed E-state index contributed by atoms with van der Waals surface area (Å²) in [5.41, 5.74) is 3.07. The first-order valence-corrected chi connectivity index (χ1v) is 7.14. The lowest BCUT2D eigenvalue weighted by Crippen LogP contribution is -2.36. The van der Waals surface area contributed by atoms with E-state index in [2.05, 4.69) is 27.5 Å². The highest BCUT2D eigenvalue weighted by molar-refractivity contribution is 7.07. The highest BCUT2D eigenvalue weighted by atomic mass is 32.1. The number of likely N-dealkylation sites (tertiary alicyclic amines) is 1. The van der Waals surface area contributed by atoms with E-state index in [9.17, 15) is 0 Å². The smallest absolute Gasteiger partial charge is 0.0795 e. The van der Waals surface area contributed by atoms with Gasteiger partial charge in [0.2, 0.25) is 0 Å². The first-order chi connectivity index (χ1) is 7.86. The minimum Gasteiger partial charge on any atom is -0.308 e. The molecule has 1 unspecified atom stereocenters. The summed E-state index contributed by atoms with van der Waals surface area (Å²) in [5, 5.41) is 5.66. The molecule has 90 valence electrons. The van der Waals surface area contributed by atoms with E-state index in [-0.39, 0.29) is 0 Å². The molecule has 16 heavy (non-hydrogen) atoms. The standard InChI is InChI=1S/C12H21N3S/c1-11(12-9-16-10-14-12)13-5-8-15-6-3-2-4-7-15/h9-11,13H,2-8H2,1H3. The maximum absolute atomic E-state index is 4.32. The van der Waals surface area contributed by atoms with Gasteiger partial charge in [-0.3, -0.25) is 0 Å². The summed E-state index contributed by atoms with van der Waals surface area (Å²) >= 11 is 1.67. The van der Waals surface area contributed by atoms with Gasteiger partial charge in [0.25, 0.3) is 0 Å². The maximum Gasteiger partial charge on any atom is 0.0795 e. The molecular formula is C12H21N3S. The Balaban J connectivity index is 1.63. The highest BCUT2D eigenvalue weighted by Gasteiger charge is 2.10. The van der Waals surface area contributed by atoms with E-state index < -0.39 is 0 Å². The van der Waals surface area contributed by atoms with Gasteiger partial charge < -0.3 is 10.2 Å². The van der Waals surface area contributed by atoms with E-state index in [1.54, 1.807) is 11.3 Å². The van der Waals surface area contributed by atoms with Crippen molar-refractivity contribution < 1.29 is 0 Å². The van der Waals surface area contributed by atoms with Crippen LogP contribution < -0.4 is 5.32 Å². The van der Waals surface area contributed by atoms with Gasteiger partial charge in [0.15, 0.2) is 0 Å². The number of aromatic nitrogens is 1. The number of nitrogens with one attached hydrogen (secondary N) is 1. The van der Waals surface area contributed by atoms with E-state index in [4.69, 9.17) is 0 Å². The van der Waals surface area contributed by atoms with Gasteiger partial charge in [-0.15, -0.1) is 11.3 Å². The second kappa shape index (κ2) is 6.33. The average molecular weight is 239 g/mol.